The maximum absolute atomic E-state index is 13.8. The summed E-state index contributed by atoms with van der Waals surface area (Å²) in [5.74, 6) is -7.65. The predicted octanol–water partition coefficient (Wildman–Crippen LogP) is -0.244. The van der Waals surface area contributed by atoms with Crippen LogP contribution in [-0.4, -0.2) is 137 Å². The summed E-state index contributed by atoms with van der Waals surface area (Å²) in [7, 11) is -7.45. The summed E-state index contributed by atoms with van der Waals surface area (Å²) in [6, 6.07) is 11.0. The van der Waals surface area contributed by atoms with E-state index in [1.807, 2.05) is 0 Å². The molecule has 4 amide bonds. The van der Waals surface area contributed by atoms with Crippen molar-refractivity contribution in [3.05, 3.63) is 119 Å². The van der Waals surface area contributed by atoms with Gasteiger partial charge in [-0.1, -0.05) is 70.1 Å². The van der Waals surface area contributed by atoms with Gasteiger partial charge in [-0.15, -0.1) is 0 Å². The third kappa shape index (κ3) is 18.8. The van der Waals surface area contributed by atoms with Gasteiger partial charge in [0.2, 0.25) is 23.6 Å². The third-order valence-corrected chi connectivity index (χ3v) is 15.7. The zero-order chi connectivity index (χ0) is 53.5. The Morgan fingerprint density at radius 2 is 0.722 bits per heavy atom. The van der Waals surface area contributed by atoms with E-state index in [1.54, 1.807) is 0 Å². The lowest BCUT2D eigenvalue weighted by atomic mass is 10.0. The van der Waals surface area contributed by atoms with Crippen molar-refractivity contribution >= 4 is 99.6 Å². The van der Waals surface area contributed by atoms with Gasteiger partial charge < -0.3 is 52.1 Å². The van der Waals surface area contributed by atoms with Gasteiger partial charge in [0.05, 0.1) is 31.7 Å². The highest BCUT2D eigenvalue weighted by Gasteiger charge is 2.31. The van der Waals surface area contributed by atoms with Gasteiger partial charge in [-0.25, -0.2) is 18.0 Å². The molecule has 0 aliphatic rings. The first kappa shape index (κ1) is 58.9. The Kier molecular flexibility index (Phi) is 22.0. The fourth-order valence-electron chi connectivity index (χ4n) is 6.34. The quantitative estimate of drug-likeness (QED) is 0.0159. The topological polar surface area (TPSA) is 426 Å². The number of nitrogens with one attached hydrogen (secondary N) is 4. The molecule has 0 radical (unpaired) electrons. The van der Waals surface area contributed by atoms with Crippen molar-refractivity contribution in [2.75, 3.05) is 11.5 Å². The zero-order valence-corrected chi connectivity index (χ0v) is 42.0. The molecule has 24 nitrogen and oxygen atoms in total. The van der Waals surface area contributed by atoms with Gasteiger partial charge in [0, 0.05) is 24.3 Å². The Labute approximate surface area is 424 Å². The van der Waals surface area contributed by atoms with Crippen LogP contribution in [0.5, 0.6) is 0 Å². The van der Waals surface area contributed by atoms with E-state index < -0.39 is 130 Å². The van der Waals surface area contributed by atoms with Gasteiger partial charge >= 0.3 is 11.9 Å². The average Bonchev–Trinajstić information content (AvgIpc) is 3.31. The Balaban J connectivity index is 1.56. The number of carboxylic acid groups (broad SMARTS) is 2. The van der Waals surface area contributed by atoms with Crippen LogP contribution in [0.1, 0.15) is 22.3 Å². The van der Waals surface area contributed by atoms with Crippen molar-refractivity contribution in [2.45, 2.75) is 81.5 Å². The number of nitrogens with two attached hydrogens (primary N) is 2. The molecule has 0 aliphatic heterocycles. The van der Waals surface area contributed by atoms with Gasteiger partial charge in [0.1, 0.15) is 24.2 Å². The lowest BCUT2D eigenvalue weighted by Gasteiger charge is -2.24. The fraction of sp³-hybridized carbons (Fsp3) is 0.286. The second-order valence-electron chi connectivity index (χ2n) is 15.5. The molecule has 0 saturated carbocycles. The largest absolute Gasteiger partial charge is 0.480 e. The molecule has 30 heteroatoms. The molecule has 4 aromatic carbocycles. The molecule has 0 heterocycles. The molecule has 8 unspecified atom stereocenters. The summed E-state index contributed by atoms with van der Waals surface area (Å²) >= 11 is -4.60. The predicted molar refractivity (Wildman–Crippen MR) is 262 cm³/mol. The van der Waals surface area contributed by atoms with E-state index in [2.05, 4.69) is 21.3 Å². The van der Waals surface area contributed by atoms with Crippen molar-refractivity contribution in [2.24, 2.45) is 11.5 Å². The molecule has 0 bridgehead atoms. The van der Waals surface area contributed by atoms with Gasteiger partial charge in [0.15, 0.2) is 22.2 Å². The maximum Gasteiger partial charge on any atom is 0.326 e. The third-order valence-electron chi connectivity index (χ3n) is 10.2. The molecule has 0 saturated heterocycles. The SMILES string of the molecule is NC(Cc1ccc(S(=O)O)cc1)C(=O)NC(CSSCC(NC(=O)C(N)Cc1ccc(S(=O)(=O)O)cc1)C(=O)NC(Cc1ccc(S(=O)(=O)O)cc1)C(=O)O)C(=O)NC(Cc1ccc(S(=O)O)cc1)C(=O)O. The number of aliphatic carboxylic acids is 2. The Morgan fingerprint density at radius 3 is 0.986 bits per heavy atom. The van der Waals surface area contributed by atoms with E-state index in [0.29, 0.717) is 16.7 Å². The maximum atomic E-state index is 13.8. The minimum absolute atomic E-state index is 0.0316. The molecular formula is C42H48N6O18S6. The summed E-state index contributed by atoms with van der Waals surface area (Å²) in [4.78, 5) is 78.5. The highest BCUT2D eigenvalue weighted by atomic mass is 33.1. The van der Waals surface area contributed by atoms with E-state index in [1.165, 1.54) is 72.8 Å². The van der Waals surface area contributed by atoms with Gasteiger partial charge in [0.25, 0.3) is 20.2 Å². The molecule has 0 aromatic heterocycles. The first-order valence-electron chi connectivity index (χ1n) is 20.7. The van der Waals surface area contributed by atoms with Crippen molar-refractivity contribution < 1.29 is 82.4 Å². The minimum Gasteiger partial charge on any atom is -0.480 e. The number of amides is 4. The fourth-order valence-corrected chi connectivity index (χ4v) is 10.4. The lowest BCUT2D eigenvalue weighted by Crippen LogP contribution is -2.56. The van der Waals surface area contributed by atoms with Crippen LogP contribution in [0.25, 0.3) is 0 Å². The molecule has 8 atom stereocenters. The molecule has 14 N–H and O–H groups in total. The van der Waals surface area contributed by atoms with Gasteiger partial charge in [-0.3, -0.25) is 28.3 Å². The number of carbonyl (C=O) groups excluding carboxylic acids is 4. The van der Waals surface area contributed by atoms with Crippen molar-refractivity contribution in [1.29, 1.82) is 0 Å². The standard InChI is InChI=1S/C42H48N6O18S6/c43-31(17-23-1-9-27(10-2-23)69(57)58)37(49)47-35(39(51)45-33(41(53)54)19-25-3-11-28(12-4-25)70(59)60)21-67-68-22-36(48-38(50)32(44)18-24-5-13-29(14-6-24)71(61,62)63)40(52)46-34(42(55)56)20-26-7-15-30(16-8-26)72(64,65)66/h1-16,31-36H,17-22,43-44H2,(H,45,51)(H,46,52)(H,47,49)(H,48,50)(H,53,54)(H,55,56)(H,57,58)(H,59,60)(H,61,62,63)(H,64,65,66). The van der Waals surface area contributed by atoms with E-state index >= 15 is 0 Å². The number of carbonyl (C=O) groups is 6. The van der Waals surface area contributed by atoms with Crippen molar-refractivity contribution in [1.82, 2.24) is 21.3 Å². The first-order chi connectivity index (χ1) is 33.7. The molecule has 4 rings (SSSR count). The normalized spacial score (nSPS) is 15.0. The van der Waals surface area contributed by atoms with E-state index in [4.69, 9.17) is 11.5 Å². The van der Waals surface area contributed by atoms with Crippen LogP contribution in [0, 0.1) is 0 Å². The monoisotopic (exact) mass is 1120 g/mol. The number of rotatable bonds is 27. The number of hydrogen-bond acceptors (Lipinski definition) is 16. The molecular weight excluding hydrogens is 1070 g/mol. The number of carboxylic acids is 2. The Morgan fingerprint density at radius 1 is 0.458 bits per heavy atom. The molecule has 72 heavy (non-hydrogen) atoms. The minimum atomic E-state index is -4.59. The van der Waals surface area contributed by atoms with Gasteiger partial charge in [-0.05, 0) is 83.6 Å². The van der Waals surface area contributed by atoms with Crippen molar-refractivity contribution in [3.8, 4) is 0 Å². The Hall–Kier alpha value is -5.64. The molecule has 390 valence electrons. The molecule has 4 aromatic rings. The molecule has 0 aliphatic carbocycles. The van der Waals surface area contributed by atoms with E-state index in [0.717, 1.165) is 45.9 Å². The summed E-state index contributed by atoms with van der Waals surface area (Å²) in [6.45, 7) is 0. The van der Waals surface area contributed by atoms with Crippen LogP contribution >= 0.6 is 21.6 Å². The van der Waals surface area contributed by atoms with Crippen LogP contribution in [0.15, 0.2) is 117 Å². The second-order valence-corrected chi connectivity index (χ2v) is 22.9. The van der Waals surface area contributed by atoms with E-state index in [9.17, 15) is 82.4 Å². The zero-order valence-electron chi connectivity index (χ0n) is 37.1. The highest BCUT2D eigenvalue weighted by molar-refractivity contribution is 8.76. The summed E-state index contributed by atoms with van der Waals surface area (Å²) in [5.41, 5.74) is 13.7. The average molecular weight is 1120 g/mol. The van der Waals surface area contributed by atoms with Crippen LogP contribution in [0.4, 0.5) is 0 Å². The summed E-state index contributed by atoms with van der Waals surface area (Å²) in [6.07, 6.45) is -1.05. The summed E-state index contributed by atoms with van der Waals surface area (Å²) in [5, 5.41) is 29.7. The van der Waals surface area contributed by atoms with E-state index in [-0.39, 0.29) is 46.1 Å². The van der Waals surface area contributed by atoms with Crippen molar-refractivity contribution in [3.63, 3.8) is 0 Å². The first-order valence-corrected chi connectivity index (χ1v) is 28.2. The van der Waals surface area contributed by atoms with Gasteiger partial charge in [-0.2, -0.15) is 16.8 Å². The number of hydrogen-bond donors (Lipinski definition) is 12. The summed E-state index contributed by atoms with van der Waals surface area (Å²) < 4.78 is 106. The lowest BCUT2D eigenvalue weighted by molar-refractivity contribution is -0.142. The molecule has 0 fully saturated rings. The second kappa shape index (κ2) is 26.9. The highest BCUT2D eigenvalue weighted by Crippen LogP contribution is 2.24. The smallest absolute Gasteiger partial charge is 0.326 e. The van der Waals surface area contributed by atoms with Crippen LogP contribution < -0.4 is 32.7 Å². The van der Waals surface area contributed by atoms with Crippen LogP contribution in [-0.2, 0) is 96.8 Å². The van der Waals surface area contributed by atoms with Crippen LogP contribution in [0.2, 0.25) is 0 Å². The van der Waals surface area contributed by atoms with Crippen LogP contribution in [0.3, 0.4) is 0 Å². The molecule has 0 spiro atoms. The Bertz CT molecular complexity index is 2860. The number of benzene rings is 4.